The largest absolute Gasteiger partial charge is 0.399 e. The zero-order chi connectivity index (χ0) is 14.1. The van der Waals surface area contributed by atoms with Crippen molar-refractivity contribution in [3.8, 4) is 0 Å². The first-order chi connectivity index (χ1) is 8.09. The Morgan fingerprint density at radius 1 is 1.33 bits per heavy atom. The van der Waals surface area contributed by atoms with Crippen LogP contribution in [0.2, 0.25) is 10.0 Å². The molecule has 0 atom stereocenters. The van der Waals surface area contributed by atoms with Gasteiger partial charge >= 0.3 is 0 Å². The van der Waals surface area contributed by atoms with Gasteiger partial charge in [0.15, 0.2) is 0 Å². The van der Waals surface area contributed by atoms with Crippen LogP contribution in [0, 0.1) is 0 Å². The lowest BCUT2D eigenvalue weighted by Crippen LogP contribution is -2.46. The molecule has 8 heteroatoms. The van der Waals surface area contributed by atoms with Gasteiger partial charge in [0.25, 0.3) is 0 Å². The van der Waals surface area contributed by atoms with E-state index in [2.05, 4.69) is 4.72 Å². The van der Waals surface area contributed by atoms with E-state index in [1.165, 1.54) is 26.0 Å². The summed E-state index contributed by atoms with van der Waals surface area (Å²) in [4.78, 5) is -0.249. The van der Waals surface area contributed by atoms with Crippen LogP contribution >= 0.6 is 23.2 Å². The Balaban J connectivity index is 3.30. The Labute approximate surface area is 116 Å². The first-order valence-corrected chi connectivity index (χ1v) is 7.22. The fourth-order valence-electron chi connectivity index (χ4n) is 1.28. The number of aliphatic hydroxyl groups is 1. The van der Waals surface area contributed by atoms with Gasteiger partial charge in [-0.25, -0.2) is 13.1 Å². The molecule has 0 aromatic heterocycles. The lowest BCUT2D eigenvalue weighted by molar-refractivity contribution is 0.208. The summed E-state index contributed by atoms with van der Waals surface area (Å²) < 4.78 is 26.6. The molecule has 0 unspecified atom stereocenters. The van der Waals surface area contributed by atoms with Crippen molar-refractivity contribution >= 4 is 38.9 Å². The predicted molar refractivity (Wildman–Crippen MR) is 72.4 cm³/mol. The highest BCUT2D eigenvalue weighted by molar-refractivity contribution is 7.89. The summed E-state index contributed by atoms with van der Waals surface area (Å²) >= 11 is 11.7. The number of hydrogen-bond donors (Lipinski definition) is 3. The monoisotopic (exact) mass is 312 g/mol. The second-order valence-electron chi connectivity index (χ2n) is 4.46. The molecular formula is C10H14Cl2N2O3S. The lowest BCUT2D eigenvalue weighted by Gasteiger charge is -2.23. The molecule has 1 aromatic rings. The molecule has 18 heavy (non-hydrogen) atoms. The van der Waals surface area contributed by atoms with Gasteiger partial charge in [-0.1, -0.05) is 23.2 Å². The molecular weight excluding hydrogens is 299 g/mol. The normalized spacial score (nSPS) is 12.7. The lowest BCUT2D eigenvalue weighted by atomic mass is 10.1. The van der Waals surface area contributed by atoms with Crippen LogP contribution in [0.4, 0.5) is 5.69 Å². The van der Waals surface area contributed by atoms with Crippen molar-refractivity contribution in [1.29, 1.82) is 0 Å². The highest BCUT2D eigenvalue weighted by Gasteiger charge is 2.29. The molecule has 0 saturated heterocycles. The Morgan fingerprint density at radius 2 is 1.78 bits per heavy atom. The minimum Gasteiger partial charge on any atom is -0.399 e. The summed E-state index contributed by atoms with van der Waals surface area (Å²) in [5.41, 5.74) is 4.75. The summed E-state index contributed by atoms with van der Waals surface area (Å²) in [7, 11) is -3.94. The number of halogens is 2. The van der Waals surface area contributed by atoms with Crippen LogP contribution in [0.5, 0.6) is 0 Å². The summed E-state index contributed by atoms with van der Waals surface area (Å²) in [5, 5.41) is 8.94. The zero-order valence-electron chi connectivity index (χ0n) is 9.87. The van der Waals surface area contributed by atoms with E-state index in [-0.39, 0.29) is 27.2 Å². The number of anilines is 1. The van der Waals surface area contributed by atoms with Gasteiger partial charge in [0.1, 0.15) is 4.90 Å². The highest BCUT2D eigenvalue weighted by Crippen LogP contribution is 2.32. The second-order valence-corrected chi connectivity index (χ2v) is 6.89. The van der Waals surface area contributed by atoms with Gasteiger partial charge in [-0.2, -0.15) is 0 Å². The third kappa shape index (κ3) is 3.49. The number of nitrogens with one attached hydrogen (secondary N) is 1. The van der Waals surface area contributed by atoms with Gasteiger partial charge in [0, 0.05) is 5.69 Å². The van der Waals surface area contributed by atoms with E-state index in [0.717, 1.165) is 0 Å². The summed E-state index contributed by atoms with van der Waals surface area (Å²) in [6, 6.07) is 2.60. The molecule has 1 aromatic carbocycles. The minimum atomic E-state index is -3.94. The van der Waals surface area contributed by atoms with Crippen LogP contribution in [0.3, 0.4) is 0 Å². The zero-order valence-corrected chi connectivity index (χ0v) is 12.2. The first kappa shape index (κ1) is 15.5. The van der Waals surface area contributed by atoms with Crippen LogP contribution in [-0.4, -0.2) is 25.7 Å². The fourth-order valence-corrected chi connectivity index (χ4v) is 3.92. The maximum atomic E-state index is 12.1. The van der Waals surface area contributed by atoms with Gasteiger partial charge in [0.2, 0.25) is 10.0 Å². The van der Waals surface area contributed by atoms with E-state index in [1.54, 1.807) is 0 Å². The van der Waals surface area contributed by atoms with E-state index >= 15 is 0 Å². The number of benzene rings is 1. The summed E-state index contributed by atoms with van der Waals surface area (Å²) in [5.74, 6) is 0. The molecule has 0 aliphatic rings. The minimum absolute atomic E-state index is 0.0683. The third-order valence-corrected chi connectivity index (χ3v) is 4.71. The summed E-state index contributed by atoms with van der Waals surface area (Å²) in [6.07, 6.45) is 0. The van der Waals surface area contributed by atoms with Crippen LogP contribution in [-0.2, 0) is 10.0 Å². The number of rotatable bonds is 4. The van der Waals surface area contributed by atoms with Gasteiger partial charge < -0.3 is 10.8 Å². The first-order valence-electron chi connectivity index (χ1n) is 4.98. The predicted octanol–water partition coefficient (Wildman–Crippen LogP) is 1.62. The van der Waals surface area contributed by atoms with Crippen molar-refractivity contribution in [3.63, 3.8) is 0 Å². The number of nitrogens with two attached hydrogens (primary N) is 1. The molecule has 0 radical (unpaired) electrons. The van der Waals surface area contributed by atoms with Crippen LogP contribution in [0.15, 0.2) is 17.0 Å². The Hall–Kier alpha value is -0.530. The molecule has 4 N–H and O–H groups in total. The SMILES string of the molecule is CC(C)(CO)NS(=O)(=O)c1c(Cl)cc(N)cc1Cl. The van der Waals surface area contributed by atoms with Crippen molar-refractivity contribution in [2.45, 2.75) is 24.3 Å². The van der Waals surface area contributed by atoms with Crippen LogP contribution in [0.1, 0.15) is 13.8 Å². The number of nitrogen functional groups attached to an aromatic ring is 1. The van der Waals surface area contributed by atoms with E-state index in [0.29, 0.717) is 0 Å². The van der Waals surface area contributed by atoms with Crippen molar-refractivity contribution in [2.75, 3.05) is 12.3 Å². The molecule has 102 valence electrons. The van der Waals surface area contributed by atoms with Crippen molar-refractivity contribution in [1.82, 2.24) is 4.72 Å². The average molecular weight is 313 g/mol. The van der Waals surface area contributed by atoms with Crippen LogP contribution < -0.4 is 10.5 Å². The average Bonchev–Trinajstić information content (AvgIpc) is 2.13. The van der Waals surface area contributed by atoms with E-state index in [1.807, 2.05) is 0 Å². The van der Waals surface area contributed by atoms with E-state index < -0.39 is 15.6 Å². The second kappa shape index (κ2) is 5.22. The number of sulfonamides is 1. The Kier molecular flexibility index (Phi) is 4.51. The molecule has 0 spiro atoms. The molecule has 0 saturated carbocycles. The Morgan fingerprint density at radius 3 is 2.17 bits per heavy atom. The molecule has 0 bridgehead atoms. The molecule has 0 heterocycles. The van der Waals surface area contributed by atoms with Gasteiger partial charge in [-0.3, -0.25) is 0 Å². The Bertz CT molecular complexity index is 535. The van der Waals surface area contributed by atoms with Crippen molar-refractivity contribution in [2.24, 2.45) is 0 Å². The van der Waals surface area contributed by atoms with Gasteiger partial charge in [0.05, 0.1) is 22.2 Å². The van der Waals surface area contributed by atoms with Crippen molar-refractivity contribution in [3.05, 3.63) is 22.2 Å². The standard InChI is InChI=1S/C10H14Cl2N2O3S/c1-10(2,5-15)14-18(16,17)9-7(11)3-6(13)4-8(9)12/h3-4,14-15H,5,13H2,1-2H3. The number of hydrogen-bond acceptors (Lipinski definition) is 4. The van der Waals surface area contributed by atoms with Crippen molar-refractivity contribution < 1.29 is 13.5 Å². The maximum absolute atomic E-state index is 12.1. The topological polar surface area (TPSA) is 92.4 Å². The fraction of sp³-hybridized carbons (Fsp3) is 0.400. The molecule has 0 amide bonds. The molecule has 0 aliphatic heterocycles. The quantitative estimate of drug-likeness (QED) is 0.737. The van der Waals surface area contributed by atoms with Gasteiger partial charge in [-0.15, -0.1) is 0 Å². The molecule has 0 fully saturated rings. The smallest absolute Gasteiger partial charge is 0.244 e. The van der Waals surface area contributed by atoms with Gasteiger partial charge in [-0.05, 0) is 26.0 Å². The van der Waals surface area contributed by atoms with E-state index in [4.69, 9.17) is 34.0 Å². The molecule has 1 rings (SSSR count). The summed E-state index contributed by atoms with van der Waals surface area (Å²) in [6.45, 7) is 2.70. The molecule has 0 aliphatic carbocycles. The highest BCUT2D eigenvalue weighted by atomic mass is 35.5. The van der Waals surface area contributed by atoms with E-state index in [9.17, 15) is 8.42 Å². The van der Waals surface area contributed by atoms with Crippen LogP contribution in [0.25, 0.3) is 0 Å². The molecule has 5 nitrogen and oxygen atoms in total. The maximum Gasteiger partial charge on any atom is 0.244 e. The third-order valence-electron chi connectivity index (χ3n) is 2.10. The number of aliphatic hydroxyl groups excluding tert-OH is 1.